The van der Waals surface area contributed by atoms with Gasteiger partial charge >= 0.3 is 0 Å². The highest BCUT2D eigenvalue weighted by molar-refractivity contribution is 5.34. The molecule has 0 amide bonds. The summed E-state index contributed by atoms with van der Waals surface area (Å²) in [5.74, 6) is -0.448. The summed E-state index contributed by atoms with van der Waals surface area (Å²) in [6.07, 6.45) is 2.44. The number of ether oxygens (including phenoxy) is 1. The van der Waals surface area contributed by atoms with Crippen molar-refractivity contribution in [2.75, 3.05) is 20.3 Å². The second-order valence-corrected chi connectivity index (χ2v) is 4.62. The highest BCUT2D eigenvalue weighted by Gasteiger charge is 2.28. The van der Waals surface area contributed by atoms with Crippen LogP contribution in [-0.4, -0.2) is 31.2 Å². The molecule has 0 aromatic heterocycles. The highest BCUT2D eigenvalue weighted by atomic mass is 19.1. The van der Waals surface area contributed by atoms with Crippen LogP contribution in [0.15, 0.2) is 18.2 Å². The van der Waals surface area contributed by atoms with Crippen molar-refractivity contribution in [2.45, 2.75) is 25.4 Å². The number of rotatable bonds is 6. The van der Waals surface area contributed by atoms with Gasteiger partial charge in [0.25, 0.3) is 0 Å². The zero-order chi connectivity index (χ0) is 13.0. The molecular formula is C14H17FN2O. The van der Waals surface area contributed by atoms with E-state index in [0.717, 1.165) is 18.7 Å². The van der Waals surface area contributed by atoms with Gasteiger partial charge in [0, 0.05) is 26.2 Å². The molecule has 0 atom stereocenters. The number of hydrogen-bond donors (Lipinski definition) is 0. The highest BCUT2D eigenvalue weighted by Crippen LogP contribution is 2.28. The molecule has 1 aromatic rings. The average Bonchev–Trinajstić information content (AvgIpc) is 3.20. The van der Waals surface area contributed by atoms with Crippen molar-refractivity contribution in [3.05, 3.63) is 35.1 Å². The van der Waals surface area contributed by atoms with Crippen LogP contribution in [-0.2, 0) is 11.3 Å². The molecule has 1 fully saturated rings. The Balaban J connectivity index is 2.04. The Bertz CT molecular complexity index is 452. The molecular weight excluding hydrogens is 231 g/mol. The first-order chi connectivity index (χ1) is 8.74. The first-order valence-electron chi connectivity index (χ1n) is 6.16. The summed E-state index contributed by atoms with van der Waals surface area (Å²) in [7, 11) is 1.69. The fourth-order valence-corrected chi connectivity index (χ4v) is 2.03. The lowest BCUT2D eigenvalue weighted by Gasteiger charge is -2.21. The smallest absolute Gasteiger partial charge is 0.140 e. The van der Waals surface area contributed by atoms with E-state index in [2.05, 4.69) is 4.90 Å². The standard InChI is InChI=1S/C14H17FN2O/c1-18-7-6-17(13-3-4-13)10-11-2-5-14(15)12(8-11)9-16/h2,5,8,13H,3-4,6-7,10H2,1H3. The summed E-state index contributed by atoms with van der Waals surface area (Å²) in [6, 6.07) is 7.25. The molecule has 1 aromatic carbocycles. The third-order valence-corrected chi connectivity index (χ3v) is 3.18. The Hall–Kier alpha value is -1.44. The van der Waals surface area contributed by atoms with E-state index in [-0.39, 0.29) is 5.56 Å². The number of nitriles is 1. The van der Waals surface area contributed by atoms with E-state index in [1.807, 2.05) is 6.07 Å². The van der Waals surface area contributed by atoms with Gasteiger partial charge in [0.15, 0.2) is 0 Å². The molecule has 96 valence electrons. The van der Waals surface area contributed by atoms with Gasteiger partial charge in [-0.05, 0) is 30.5 Å². The van der Waals surface area contributed by atoms with Crippen LogP contribution >= 0.6 is 0 Å². The molecule has 0 N–H and O–H groups in total. The molecule has 4 heteroatoms. The fraction of sp³-hybridized carbons (Fsp3) is 0.500. The lowest BCUT2D eigenvalue weighted by atomic mass is 10.1. The van der Waals surface area contributed by atoms with Gasteiger partial charge in [-0.25, -0.2) is 4.39 Å². The molecule has 0 radical (unpaired) electrons. The van der Waals surface area contributed by atoms with Crippen LogP contribution in [0.25, 0.3) is 0 Å². The zero-order valence-corrected chi connectivity index (χ0v) is 10.5. The minimum absolute atomic E-state index is 0.120. The molecule has 2 rings (SSSR count). The molecule has 0 bridgehead atoms. The Labute approximate surface area is 107 Å². The van der Waals surface area contributed by atoms with Gasteiger partial charge in [0.05, 0.1) is 12.2 Å². The van der Waals surface area contributed by atoms with Crippen LogP contribution in [0, 0.1) is 17.1 Å². The van der Waals surface area contributed by atoms with E-state index < -0.39 is 5.82 Å². The molecule has 18 heavy (non-hydrogen) atoms. The monoisotopic (exact) mass is 248 g/mol. The van der Waals surface area contributed by atoms with Gasteiger partial charge in [-0.3, -0.25) is 4.90 Å². The Morgan fingerprint density at radius 3 is 2.89 bits per heavy atom. The normalized spacial score (nSPS) is 14.8. The minimum Gasteiger partial charge on any atom is -0.383 e. The number of methoxy groups -OCH3 is 1. The van der Waals surface area contributed by atoms with Gasteiger partial charge < -0.3 is 4.74 Å². The van der Waals surface area contributed by atoms with Crippen LogP contribution in [0.2, 0.25) is 0 Å². The molecule has 1 aliphatic rings. The zero-order valence-electron chi connectivity index (χ0n) is 10.5. The maximum absolute atomic E-state index is 13.2. The number of benzene rings is 1. The third kappa shape index (κ3) is 3.28. The topological polar surface area (TPSA) is 36.3 Å². The van der Waals surface area contributed by atoms with Gasteiger partial charge in [0.1, 0.15) is 11.9 Å². The summed E-state index contributed by atoms with van der Waals surface area (Å²) < 4.78 is 18.3. The predicted molar refractivity (Wildman–Crippen MR) is 66.4 cm³/mol. The van der Waals surface area contributed by atoms with Gasteiger partial charge in [-0.2, -0.15) is 5.26 Å². The molecule has 0 saturated heterocycles. The quantitative estimate of drug-likeness (QED) is 0.775. The SMILES string of the molecule is COCCN(Cc1ccc(F)c(C#N)c1)C1CC1. The van der Waals surface area contributed by atoms with Crippen molar-refractivity contribution >= 4 is 0 Å². The van der Waals surface area contributed by atoms with Crippen LogP contribution < -0.4 is 0 Å². The minimum atomic E-state index is -0.448. The average molecular weight is 248 g/mol. The summed E-state index contributed by atoms with van der Waals surface area (Å²) in [6.45, 7) is 2.33. The summed E-state index contributed by atoms with van der Waals surface area (Å²) >= 11 is 0. The molecule has 0 aliphatic heterocycles. The number of halogens is 1. The van der Waals surface area contributed by atoms with Crippen molar-refractivity contribution in [2.24, 2.45) is 0 Å². The van der Waals surface area contributed by atoms with E-state index in [0.29, 0.717) is 12.6 Å². The molecule has 0 unspecified atom stereocenters. The van der Waals surface area contributed by atoms with Crippen molar-refractivity contribution in [3.8, 4) is 6.07 Å². The molecule has 1 aliphatic carbocycles. The predicted octanol–water partition coefficient (Wildman–Crippen LogP) is 2.31. The van der Waals surface area contributed by atoms with Gasteiger partial charge in [-0.1, -0.05) is 6.07 Å². The van der Waals surface area contributed by atoms with E-state index >= 15 is 0 Å². The molecule has 0 heterocycles. The van der Waals surface area contributed by atoms with Crippen LogP contribution in [0.4, 0.5) is 4.39 Å². The van der Waals surface area contributed by atoms with E-state index in [1.165, 1.54) is 18.9 Å². The maximum atomic E-state index is 13.2. The van der Waals surface area contributed by atoms with Crippen molar-refractivity contribution in [1.82, 2.24) is 4.90 Å². The fourth-order valence-electron chi connectivity index (χ4n) is 2.03. The van der Waals surface area contributed by atoms with Crippen molar-refractivity contribution in [3.63, 3.8) is 0 Å². The van der Waals surface area contributed by atoms with Crippen molar-refractivity contribution in [1.29, 1.82) is 5.26 Å². The lowest BCUT2D eigenvalue weighted by molar-refractivity contribution is 0.139. The summed E-state index contributed by atoms with van der Waals surface area (Å²) in [4.78, 5) is 2.33. The molecule has 0 spiro atoms. The Morgan fingerprint density at radius 2 is 2.28 bits per heavy atom. The van der Waals surface area contributed by atoms with Gasteiger partial charge in [-0.15, -0.1) is 0 Å². The molecule has 1 saturated carbocycles. The first-order valence-corrected chi connectivity index (χ1v) is 6.16. The second kappa shape index (κ2) is 5.94. The number of nitrogens with zero attached hydrogens (tertiary/aromatic N) is 2. The Morgan fingerprint density at radius 1 is 1.50 bits per heavy atom. The number of hydrogen-bond acceptors (Lipinski definition) is 3. The van der Waals surface area contributed by atoms with E-state index in [1.54, 1.807) is 19.2 Å². The maximum Gasteiger partial charge on any atom is 0.140 e. The Kier molecular flexibility index (Phi) is 4.29. The van der Waals surface area contributed by atoms with Crippen LogP contribution in [0.3, 0.4) is 0 Å². The third-order valence-electron chi connectivity index (χ3n) is 3.18. The van der Waals surface area contributed by atoms with Crippen LogP contribution in [0.5, 0.6) is 0 Å². The summed E-state index contributed by atoms with van der Waals surface area (Å²) in [5, 5.41) is 8.82. The first kappa shape index (κ1) is 13.0. The van der Waals surface area contributed by atoms with Gasteiger partial charge in [0.2, 0.25) is 0 Å². The molecule has 3 nitrogen and oxygen atoms in total. The van der Waals surface area contributed by atoms with E-state index in [4.69, 9.17) is 10.00 Å². The lowest BCUT2D eigenvalue weighted by Crippen LogP contribution is -2.29. The summed E-state index contributed by atoms with van der Waals surface area (Å²) in [5.41, 5.74) is 1.10. The van der Waals surface area contributed by atoms with Crippen LogP contribution in [0.1, 0.15) is 24.0 Å². The van der Waals surface area contributed by atoms with E-state index in [9.17, 15) is 4.39 Å². The second-order valence-electron chi connectivity index (χ2n) is 4.62. The van der Waals surface area contributed by atoms with Crippen molar-refractivity contribution < 1.29 is 9.13 Å². The largest absolute Gasteiger partial charge is 0.383 e.